The molecule has 5 nitrogen and oxygen atoms in total. The first-order valence-electron chi connectivity index (χ1n) is 6.48. The SMILES string of the molecule is CCc1nnc(NC(=O)c2cc(C#CCO)ccc2C)s1. The molecule has 0 bridgehead atoms. The second-order valence-corrected chi connectivity index (χ2v) is 5.36. The van der Waals surface area contributed by atoms with Crippen molar-refractivity contribution in [3.63, 3.8) is 0 Å². The monoisotopic (exact) mass is 301 g/mol. The number of carbonyl (C=O) groups is 1. The Balaban J connectivity index is 2.21. The van der Waals surface area contributed by atoms with Gasteiger partial charge in [0, 0.05) is 11.1 Å². The Labute approximate surface area is 127 Å². The van der Waals surface area contributed by atoms with Gasteiger partial charge in [0.2, 0.25) is 5.13 Å². The number of nitrogens with one attached hydrogen (secondary N) is 1. The maximum absolute atomic E-state index is 12.3. The molecule has 0 radical (unpaired) electrons. The lowest BCUT2D eigenvalue weighted by Gasteiger charge is -2.05. The summed E-state index contributed by atoms with van der Waals surface area (Å²) in [6.07, 6.45) is 0.790. The van der Waals surface area contributed by atoms with Crippen molar-refractivity contribution in [3.05, 3.63) is 39.9 Å². The molecule has 0 aliphatic heterocycles. The smallest absolute Gasteiger partial charge is 0.257 e. The predicted molar refractivity (Wildman–Crippen MR) is 82.4 cm³/mol. The molecule has 0 aliphatic rings. The number of hydrogen-bond acceptors (Lipinski definition) is 5. The fraction of sp³-hybridized carbons (Fsp3) is 0.267. The molecule has 1 amide bonds. The van der Waals surface area contributed by atoms with Crippen LogP contribution in [-0.4, -0.2) is 27.8 Å². The maximum Gasteiger partial charge on any atom is 0.257 e. The first-order valence-corrected chi connectivity index (χ1v) is 7.29. The molecule has 0 unspecified atom stereocenters. The number of aliphatic hydroxyl groups is 1. The standard InChI is InChI=1S/C15H15N3O2S/c1-3-13-17-18-15(21-13)16-14(20)12-9-11(5-4-8-19)7-6-10(12)2/h6-7,9,19H,3,8H2,1-2H3,(H,16,18,20). The third-order valence-electron chi connectivity index (χ3n) is 2.78. The van der Waals surface area contributed by atoms with Crippen LogP contribution in [0.15, 0.2) is 18.2 Å². The van der Waals surface area contributed by atoms with Crippen LogP contribution >= 0.6 is 11.3 Å². The van der Waals surface area contributed by atoms with Crippen LogP contribution < -0.4 is 5.32 Å². The number of hydrogen-bond donors (Lipinski definition) is 2. The summed E-state index contributed by atoms with van der Waals surface area (Å²) in [6, 6.07) is 5.35. The van der Waals surface area contributed by atoms with Crippen molar-refractivity contribution in [2.75, 3.05) is 11.9 Å². The normalized spacial score (nSPS) is 9.86. The molecule has 2 rings (SSSR count). The summed E-state index contributed by atoms with van der Waals surface area (Å²) in [4.78, 5) is 12.3. The van der Waals surface area contributed by atoms with Crippen LogP contribution in [0.25, 0.3) is 0 Å². The lowest BCUT2D eigenvalue weighted by Crippen LogP contribution is -2.13. The first-order chi connectivity index (χ1) is 10.1. The second kappa shape index (κ2) is 6.97. The lowest BCUT2D eigenvalue weighted by molar-refractivity contribution is 0.102. The van der Waals surface area contributed by atoms with Crippen molar-refractivity contribution in [3.8, 4) is 11.8 Å². The molecule has 6 heteroatoms. The molecule has 0 aliphatic carbocycles. The van der Waals surface area contributed by atoms with E-state index in [9.17, 15) is 4.79 Å². The van der Waals surface area contributed by atoms with Gasteiger partial charge in [-0.3, -0.25) is 10.1 Å². The van der Waals surface area contributed by atoms with Gasteiger partial charge < -0.3 is 5.11 Å². The third kappa shape index (κ3) is 3.88. The van der Waals surface area contributed by atoms with Crippen molar-refractivity contribution in [2.24, 2.45) is 0 Å². The van der Waals surface area contributed by atoms with Gasteiger partial charge in [-0.25, -0.2) is 0 Å². The van der Waals surface area contributed by atoms with Crippen molar-refractivity contribution in [1.82, 2.24) is 10.2 Å². The highest BCUT2D eigenvalue weighted by Gasteiger charge is 2.12. The first kappa shape index (κ1) is 15.2. The number of aromatic nitrogens is 2. The highest BCUT2D eigenvalue weighted by Crippen LogP contribution is 2.18. The number of carbonyl (C=O) groups excluding carboxylic acids is 1. The number of aryl methyl sites for hydroxylation is 2. The Morgan fingerprint density at radius 1 is 1.43 bits per heavy atom. The molecule has 1 aromatic carbocycles. The summed E-state index contributed by atoms with van der Waals surface area (Å²) in [5.74, 6) is 5.12. The Morgan fingerprint density at radius 2 is 2.24 bits per heavy atom. The summed E-state index contributed by atoms with van der Waals surface area (Å²) < 4.78 is 0. The molecule has 2 N–H and O–H groups in total. The van der Waals surface area contributed by atoms with Crippen LogP contribution in [0, 0.1) is 18.8 Å². The average molecular weight is 301 g/mol. The number of anilines is 1. The van der Waals surface area contributed by atoms with Gasteiger partial charge in [-0.1, -0.05) is 36.2 Å². The molecular formula is C15H15N3O2S. The highest BCUT2D eigenvalue weighted by atomic mass is 32.1. The van der Waals surface area contributed by atoms with E-state index in [2.05, 4.69) is 27.4 Å². The summed E-state index contributed by atoms with van der Waals surface area (Å²) in [5.41, 5.74) is 2.07. The van der Waals surface area contributed by atoms with E-state index in [1.165, 1.54) is 11.3 Å². The average Bonchev–Trinajstić information content (AvgIpc) is 2.94. The minimum atomic E-state index is -0.237. The topological polar surface area (TPSA) is 75.1 Å². The van der Waals surface area contributed by atoms with Gasteiger partial charge in [0.1, 0.15) is 11.6 Å². The van der Waals surface area contributed by atoms with E-state index in [4.69, 9.17) is 5.11 Å². The van der Waals surface area contributed by atoms with Crippen LogP contribution in [-0.2, 0) is 6.42 Å². The van der Waals surface area contributed by atoms with Crippen molar-refractivity contribution < 1.29 is 9.90 Å². The maximum atomic E-state index is 12.3. The molecule has 0 atom stereocenters. The number of rotatable bonds is 3. The second-order valence-electron chi connectivity index (χ2n) is 4.30. The number of amides is 1. The van der Waals surface area contributed by atoms with E-state index in [-0.39, 0.29) is 12.5 Å². The van der Waals surface area contributed by atoms with Gasteiger partial charge in [0.05, 0.1) is 0 Å². The fourth-order valence-electron chi connectivity index (χ4n) is 1.70. The van der Waals surface area contributed by atoms with Crippen molar-refractivity contribution in [1.29, 1.82) is 0 Å². The van der Waals surface area contributed by atoms with E-state index < -0.39 is 0 Å². The molecule has 0 spiro atoms. The van der Waals surface area contributed by atoms with Gasteiger partial charge >= 0.3 is 0 Å². The lowest BCUT2D eigenvalue weighted by atomic mass is 10.0. The largest absolute Gasteiger partial charge is 0.384 e. The van der Waals surface area contributed by atoms with Crippen LogP contribution in [0.5, 0.6) is 0 Å². The van der Waals surface area contributed by atoms with E-state index in [1.54, 1.807) is 6.07 Å². The summed E-state index contributed by atoms with van der Waals surface area (Å²) in [7, 11) is 0. The Bertz CT molecular complexity index is 713. The fourth-order valence-corrected chi connectivity index (χ4v) is 2.37. The van der Waals surface area contributed by atoms with Crippen molar-refractivity contribution >= 4 is 22.4 Å². The van der Waals surface area contributed by atoms with E-state index >= 15 is 0 Å². The molecule has 1 aromatic heterocycles. The number of aliphatic hydroxyl groups excluding tert-OH is 1. The molecule has 2 aromatic rings. The summed E-state index contributed by atoms with van der Waals surface area (Å²) >= 11 is 1.36. The molecule has 108 valence electrons. The minimum Gasteiger partial charge on any atom is -0.384 e. The van der Waals surface area contributed by atoms with Crippen LogP contribution in [0.4, 0.5) is 5.13 Å². The van der Waals surface area contributed by atoms with Gasteiger partial charge in [0.15, 0.2) is 0 Å². The van der Waals surface area contributed by atoms with E-state index in [1.807, 2.05) is 26.0 Å². The van der Waals surface area contributed by atoms with Gasteiger partial charge in [0.25, 0.3) is 5.91 Å². The number of benzene rings is 1. The zero-order chi connectivity index (χ0) is 15.2. The minimum absolute atomic E-state index is 0.208. The van der Waals surface area contributed by atoms with Gasteiger partial charge in [-0.2, -0.15) is 0 Å². The molecule has 0 saturated carbocycles. The van der Waals surface area contributed by atoms with Gasteiger partial charge in [-0.15, -0.1) is 10.2 Å². The van der Waals surface area contributed by atoms with Crippen LogP contribution in [0.2, 0.25) is 0 Å². The van der Waals surface area contributed by atoms with E-state index in [0.717, 1.165) is 17.0 Å². The molecule has 21 heavy (non-hydrogen) atoms. The van der Waals surface area contributed by atoms with E-state index in [0.29, 0.717) is 16.3 Å². The Morgan fingerprint density at radius 3 is 2.90 bits per heavy atom. The molecule has 0 fully saturated rings. The summed E-state index contributed by atoms with van der Waals surface area (Å²) in [5, 5.41) is 20.7. The predicted octanol–water partition coefficient (Wildman–Crippen LogP) is 2.01. The third-order valence-corrected chi connectivity index (χ3v) is 3.77. The molecule has 0 saturated heterocycles. The summed E-state index contributed by atoms with van der Waals surface area (Å²) in [6.45, 7) is 3.63. The zero-order valence-corrected chi connectivity index (χ0v) is 12.6. The quantitative estimate of drug-likeness (QED) is 0.850. The molecule has 1 heterocycles. The number of nitrogens with zero attached hydrogens (tertiary/aromatic N) is 2. The highest BCUT2D eigenvalue weighted by molar-refractivity contribution is 7.15. The Hall–Kier alpha value is -2.23. The van der Waals surface area contributed by atoms with Crippen molar-refractivity contribution in [2.45, 2.75) is 20.3 Å². The van der Waals surface area contributed by atoms with Crippen LogP contribution in [0.3, 0.4) is 0 Å². The zero-order valence-electron chi connectivity index (χ0n) is 11.8. The Kier molecular flexibility index (Phi) is 5.04. The van der Waals surface area contributed by atoms with Crippen LogP contribution in [0.1, 0.15) is 33.4 Å². The van der Waals surface area contributed by atoms with Gasteiger partial charge in [-0.05, 0) is 31.0 Å². The molecular weight excluding hydrogens is 286 g/mol.